The van der Waals surface area contributed by atoms with Crippen LogP contribution in [0.4, 0.5) is 0 Å². The van der Waals surface area contributed by atoms with Gasteiger partial charge in [-0.3, -0.25) is 0 Å². The molecule has 10 heteroatoms. The van der Waals surface area contributed by atoms with Crippen molar-refractivity contribution in [3.63, 3.8) is 0 Å². The van der Waals surface area contributed by atoms with E-state index in [1.54, 1.807) is 0 Å². The van der Waals surface area contributed by atoms with Crippen LogP contribution in [0.3, 0.4) is 0 Å². The van der Waals surface area contributed by atoms with Crippen LogP contribution in [0.2, 0.25) is 0 Å². The summed E-state index contributed by atoms with van der Waals surface area (Å²) in [5.74, 6) is -1.40. The first kappa shape index (κ1) is 19.9. The molecule has 0 fully saturated rings. The minimum absolute atomic E-state index is 0.173. The number of carbonyl (C=O) groups is 2. The van der Waals surface area contributed by atoms with Crippen molar-refractivity contribution in [2.75, 3.05) is 13.2 Å². The molecule has 0 amide bonds. The van der Waals surface area contributed by atoms with Gasteiger partial charge in [0.2, 0.25) is 7.59 Å². The van der Waals surface area contributed by atoms with Crippen molar-refractivity contribution in [1.82, 2.24) is 0 Å². The fourth-order valence-electron chi connectivity index (χ4n) is 1.20. The second kappa shape index (κ2) is 8.13. The number of benzene rings is 1. The monoisotopic (exact) mass is 426 g/mol. The average Bonchev–Trinajstić information content (AvgIpc) is 2.40. The van der Waals surface area contributed by atoms with Crippen LogP contribution in [0.5, 0.6) is 0 Å². The summed E-state index contributed by atoms with van der Waals surface area (Å²) in [7, 11) is 0. The number of carbonyl (C=O) groups excluding carboxylic acids is 2. The van der Waals surface area contributed by atoms with Gasteiger partial charge in [0, 0.05) is 0 Å². The van der Waals surface area contributed by atoms with Crippen molar-refractivity contribution in [3.8, 4) is 0 Å². The minimum atomic E-state index is -1.70. The van der Waals surface area contributed by atoms with Crippen LogP contribution in [-0.4, -0.2) is 32.7 Å². The third-order valence-electron chi connectivity index (χ3n) is 2.09. The van der Waals surface area contributed by atoms with Gasteiger partial charge in [-0.1, -0.05) is 69.6 Å². The van der Waals surface area contributed by atoms with Crippen molar-refractivity contribution in [3.05, 3.63) is 35.4 Å². The number of esters is 2. The van der Waals surface area contributed by atoms with Gasteiger partial charge >= 0.3 is 11.9 Å². The highest BCUT2D eigenvalue weighted by Gasteiger charge is 2.24. The summed E-state index contributed by atoms with van der Waals surface area (Å²) in [5, 5.41) is 0. The SMILES string of the molecule is O=C(OCC(Cl)(Cl)Cl)c1ccc(C(=O)OCC(Cl)(Cl)Cl)cc1. The molecule has 0 radical (unpaired) electrons. The van der Waals surface area contributed by atoms with Gasteiger partial charge in [-0.2, -0.15) is 0 Å². The van der Waals surface area contributed by atoms with Crippen LogP contribution in [0.15, 0.2) is 24.3 Å². The van der Waals surface area contributed by atoms with Crippen molar-refractivity contribution in [2.45, 2.75) is 7.59 Å². The molecule has 1 aromatic rings. The lowest BCUT2D eigenvalue weighted by molar-refractivity contribution is 0.0498. The molecule has 4 nitrogen and oxygen atoms in total. The smallest absolute Gasteiger partial charge is 0.338 e. The Morgan fingerprint density at radius 2 is 1.00 bits per heavy atom. The number of hydrogen-bond acceptors (Lipinski definition) is 4. The standard InChI is InChI=1S/C12H8Cl6O4/c13-11(14,15)5-21-9(19)7-1-2-8(4-3-7)10(20)22-6-12(16,17)18/h1-4H,5-6H2. The Kier molecular flexibility index (Phi) is 7.37. The summed E-state index contributed by atoms with van der Waals surface area (Å²) in [6, 6.07) is 5.42. The van der Waals surface area contributed by atoms with Crippen LogP contribution in [0, 0.1) is 0 Å². The van der Waals surface area contributed by atoms with Crippen molar-refractivity contribution >= 4 is 81.5 Å². The van der Waals surface area contributed by atoms with E-state index in [2.05, 4.69) is 0 Å². The summed E-state index contributed by atoms with van der Waals surface area (Å²) in [6.45, 7) is -0.799. The van der Waals surface area contributed by atoms with Crippen LogP contribution >= 0.6 is 69.6 Å². The number of ether oxygens (including phenoxy) is 2. The van der Waals surface area contributed by atoms with Gasteiger partial charge in [-0.25, -0.2) is 9.59 Å². The summed E-state index contributed by atoms with van der Waals surface area (Å²) in [6.07, 6.45) is 0. The van der Waals surface area contributed by atoms with E-state index in [-0.39, 0.29) is 11.1 Å². The highest BCUT2D eigenvalue weighted by atomic mass is 35.6. The first-order valence-corrected chi connectivity index (χ1v) is 7.82. The molecule has 22 heavy (non-hydrogen) atoms. The normalized spacial score (nSPS) is 11.9. The second-order valence-electron chi connectivity index (χ2n) is 3.96. The molecule has 0 saturated heterocycles. The fourth-order valence-corrected chi connectivity index (χ4v) is 1.53. The fraction of sp³-hybridized carbons (Fsp3) is 0.333. The first-order valence-electron chi connectivity index (χ1n) is 5.56. The van der Waals surface area contributed by atoms with Gasteiger partial charge in [0.15, 0.2) is 0 Å². The summed E-state index contributed by atoms with van der Waals surface area (Å²) in [5.41, 5.74) is 0.347. The minimum Gasteiger partial charge on any atom is -0.458 e. The number of alkyl halides is 6. The van der Waals surface area contributed by atoms with Crippen LogP contribution in [-0.2, 0) is 9.47 Å². The Balaban J connectivity index is 2.62. The molecule has 0 bridgehead atoms. The van der Waals surface area contributed by atoms with Crippen molar-refractivity contribution in [1.29, 1.82) is 0 Å². The summed E-state index contributed by atoms with van der Waals surface area (Å²) < 4.78 is 6.17. The predicted octanol–water partition coefficient (Wildman–Crippen LogP) is 4.74. The Labute approximate surface area is 156 Å². The Morgan fingerprint density at radius 3 is 1.23 bits per heavy atom. The Morgan fingerprint density at radius 1 is 0.727 bits per heavy atom. The Hall–Kier alpha value is -0.100. The molecule has 0 aromatic heterocycles. The predicted molar refractivity (Wildman–Crippen MR) is 87.6 cm³/mol. The molecule has 0 atom stereocenters. The average molecular weight is 429 g/mol. The van der Waals surface area contributed by atoms with Gasteiger partial charge in [0.25, 0.3) is 0 Å². The highest BCUT2D eigenvalue weighted by molar-refractivity contribution is 6.68. The Bertz CT molecular complexity index is 483. The van der Waals surface area contributed by atoms with E-state index < -0.39 is 32.7 Å². The number of hydrogen-bond donors (Lipinski definition) is 0. The van der Waals surface area contributed by atoms with Gasteiger partial charge < -0.3 is 9.47 Å². The summed E-state index contributed by atoms with van der Waals surface area (Å²) in [4.78, 5) is 23.3. The maximum Gasteiger partial charge on any atom is 0.338 e. The van der Waals surface area contributed by atoms with E-state index in [4.69, 9.17) is 79.1 Å². The maximum atomic E-state index is 11.7. The zero-order chi connectivity index (χ0) is 17.0. The third-order valence-corrected chi connectivity index (χ3v) is 2.74. The molecule has 0 saturated carbocycles. The molecule has 0 unspecified atom stereocenters. The van der Waals surface area contributed by atoms with Crippen LogP contribution in [0.25, 0.3) is 0 Å². The molecule has 0 spiro atoms. The molecule has 1 rings (SSSR count). The van der Waals surface area contributed by atoms with Gasteiger partial charge in [-0.15, -0.1) is 0 Å². The van der Waals surface area contributed by atoms with Crippen LogP contribution < -0.4 is 0 Å². The van der Waals surface area contributed by atoms with E-state index in [9.17, 15) is 9.59 Å². The zero-order valence-corrected chi connectivity index (χ0v) is 15.2. The first-order chi connectivity index (χ1) is 9.98. The number of halogens is 6. The lowest BCUT2D eigenvalue weighted by atomic mass is 10.1. The molecule has 0 aliphatic rings. The van der Waals surface area contributed by atoms with E-state index >= 15 is 0 Å². The van der Waals surface area contributed by atoms with E-state index in [0.717, 1.165) is 0 Å². The zero-order valence-electron chi connectivity index (χ0n) is 10.6. The topological polar surface area (TPSA) is 52.6 Å². The largest absolute Gasteiger partial charge is 0.458 e. The second-order valence-corrected chi connectivity index (χ2v) is 8.99. The lowest BCUT2D eigenvalue weighted by Crippen LogP contribution is -2.18. The molecular weight excluding hydrogens is 421 g/mol. The molecule has 0 aliphatic carbocycles. The molecular formula is C12H8Cl6O4. The van der Waals surface area contributed by atoms with Gasteiger partial charge in [0.05, 0.1) is 11.1 Å². The van der Waals surface area contributed by atoms with Crippen molar-refractivity contribution in [2.24, 2.45) is 0 Å². The van der Waals surface area contributed by atoms with Gasteiger partial charge in [-0.05, 0) is 24.3 Å². The molecule has 0 N–H and O–H groups in total. The quantitative estimate of drug-likeness (QED) is 0.513. The van der Waals surface area contributed by atoms with E-state index in [1.807, 2.05) is 0 Å². The lowest BCUT2D eigenvalue weighted by Gasteiger charge is -2.12. The summed E-state index contributed by atoms with van der Waals surface area (Å²) >= 11 is 32.8. The number of rotatable bonds is 4. The highest BCUT2D eigenvalue weighted by Crippen LogP contribution is 2.27. The van der Waals surface area contributed by atoms with Crippen LogP contribution in [0.1, 0.15) is 20.7 Å². The van der Waals surface area contributed by atoms with E-state index in [1.165, 1.54) is 24.3 Å². The van der Waals surface area contributed by atoms with Crippen molar-refractivity contribution < 1.29 is 19.1 Å². The maximum absolute atomic E-state index is 11.7. The molecule has 1 aromatic carbocycles. The van der Waals surface area contributed by atoms with E-state index in [0.29, 0.717) is 0 Å². The van der Waals surface area contributed by atoms with Gasteiger partial charge in [0.1, 0.15) is 13.2 Å². The third kappa shape index (κ3) is 7.95. The molecule has 0 heterocycles. The molecule has 122 valence electrons. The molecule has 0 aliphatic heterocycles.